The van der Waals surface area contributed by atoms with Gasteiger partial charge < -0.3 is 4.98 Å². The van der Waals surface area contributed by atoms with Crippen molar-refractivity contribution in [3.05, 3.63) is 27.9 Å². The molecule has 0 bridgehead atoms. The van der Waals surface area contributed by atoms with E-state index in [1.807, 2.05) is 4.98 Å². The summed E-state index contributed by atoms with van der Waals surface area (Å²) >= 11 is 0. The Kier molecular flexibility index (Phi) is 1.91. The molecule has 3 nitrogen and oxygen atoms in total. The highest BCUT2D eigenvalue weighted by atomic mass is 19.4. The Morgan fingerprint density at radius 3 is 2.50 bits per heavy atom. The average Bonchev–Trinajstić information content (AvgIpc) is 1.83. The molecular weight excluding hydrogens is 173 g/mol. The van der Waals surface area contributed by atoms with Crippen LogP contribution in [0.4, 0.5) is 13.2 Å². The summed E-state index contributed by atoms with van der Waals surface area (Å²) in [4.78, 5) is 15.4. The Hall–Kier alpha value is -1.33. The average molecular weight is 178 g/mol. The second-order valence-electron chi connectivity index (χ2n) is 2.22. The first-order valence-corrected chi connectivity index (χ1v) is 3.04. The molecule has 0 aromatic carbocycles. The molecule has 1 rings (SSSR count). The van der Waals surface area contributed by atoms with Crippen molar-refractivity contribution in [2.24, 2.45) is 0 Å². The standard InChI is InChI=1S/C6H5F3N2O/c1-3-4(6(7,8)9)2-10-5(12)11-3/h2H,1H3,(H,10,11,12). The quantitative estimate of drug-likeness (QED) is 0.646. The lowest BCUT2D eigenvalue weighted by Crippen LogP contribution is -2.17. The van der Waals surface area contributed by atoms with Crippen LogP contribution in [0.1, 0.15) is 11.3 Å². The summed E-state index contributed by atoms with van der Waals surface area (Å²) in [6.45, 7) is 1.17. The third-order valence-corrected chi connectivity index (χ3v) is 1.31. The summed E-state index contributed by atoms with van der Waals surface area (Å²) in [6, 6.07) is 0. The van der Waals surface area contributed by atoms with Crippen LogP contribution in [-0.4, -0.2) is 9.97 Å². The summed E-state index contributed by atoms with van der Waals surface area (Å²) in [5.41, 5.74) is -1.91. The van der Waals surface area contributed by atoms with Gasteiger partial charge in [0.25, 0.3) is 0 Å². The van der Waals surface area contributed by atoms with Crippen LogP contribution < -0.4 is 5.69 Å². The number of aromatic nitrogens is 2. The maximum absolute atomic E-state index is 12.0. The SMILES string of the molecule is Cc1[nH]c(=O)ncc1C(F)(F)F. The van der Waals surface area contributed by atoms with Gasteiger partial charge in [0.2, 0.25) is 0 Å². The van der Waals surface area contributed by atoms with Crippen LogP contribution in [0.5, 0.6) is 0 Å². The van der Waals surface area contributed by atoms with Crippen molar-refractivity contribution in [2.75, 3.05) is 0 Å². The Bertz CT molecular complexity index is 341. The molecule has 1 N–H and O–H groups in total. The predicted octanol–water partition coefficient (Wildman–Crippen LogP) is 1.10. The van der Waals surface area contributed by atoms with Crippen LogP contribution in [-0.2, 0) is 6.18 Å². The molecule has 0 aliphatic carbocycles. The van der Waals surface area contributed by atoms with E-state index in [2.05, 4.69) is 4.98 Å². The van der Waals surface area contributed by atoms with Crippen molar-refractivity contribution < 1.29 is 13.2 Å². The lowest BCUT2D eigenvalue weighted by Gasteiger charge is -2.07. The number of H-pyrrole nitrogens is 1. The first-order valence-electron chi connectivity index (χ1n) is 3.04. The predicted molar refractivity (Wildman–Crippen MR) is 34.6 cm³/mol. The first kappa shape index (κ1) is 8.76. The third kappa shape index (κ3) is 1.63. The minimum absolute atomic E-state index is 0.220. The van der Waals surface area contributed by atoms with Crippen LogP contribution in [0.2, 0.25) is 0 Å². The highest BCUT2D eigenvalue weighted by molar-refractivity contribution is 5.17. The monoisotopic (exact) mass is 178 g/mol. The summed E-state index contributed by atoms with van der Waals surface area (Å²) in [7, 11) is 0. The normalized spacial score (nSPS) is 11.7. The summed E-state index contributed by atoms with van der Waals surface area (Å²) in [5, 5.41) is 0. The smallest absolute Gasteiger partial charge is 0.309 e. The van der Waals surface area contributed by atoms with Crippen molar-refractivity contribution in [1.82, 2.24) is 9.97 Å². The van der Waals surface area contributed by atoms with E-state index in [4.69, 9.17) is 0 Å². The van der Waals surface area contributed by atoms with Gasteiger partial charge in [-0.1, -0.05) is 0 Å². The molecule has 0 unspecified atom stereocenters. The van der Waals surface area contributed by atoms with Gasteiger partial charge in [0.05, 0.1) is 5.56 Å². The van der Waals surface area contributed by atoms with Crippen LogP contribution in [0.15, 0.2) is 11.0 Å². The third-order valence-electron chi connectivity index (χ3n) is 1.31. The fourth-order valence-electron chi connectivity index (χ4n) is 0.766. The molecule has 1 heterocycles. The van der Waals surface area contributed by atoms with E-state index in [1.54, 1.807) is 0 Å². The zero-order valence-electron chi connectivity index (χ0n) is 6.07. The molecule has 12 heavy (non-hydrogen) atoms. The van der Waals surface area contributed by atoms with Crippen molar-refractivity contribution in [2.45, 2.75) is 13.1 Å². The lowest BCUT2D eigenvalue weighted by atomic mass is 10.2. The van der Waals surface area contributed by atoms with Gasteiger partial charge in [0.15, 0.2) is 0 Å². The number of nitrogens with one attached hydrogen (secondary N) is 1. The minimum Gasteiger partial charge on any atom is -0.309 e. The molecule has 0 amide bonds. The van der Waals surface area contributed by atoms with E-state index in [0.717, 1.165) is 0 Å². The van der Waals surface area contributed by atoms with Crippen LogP contribution in [0, 0.1) is 6.92 Å². The topological polar surface area (TPSA) is 45.8 Å². The van der Waals surface area contributed by atoms with Gasteiger partial charge in [-0.2, -0.15) is 13.2 Å². The summed E-state index contributed by atoms with van der Waals surface area (Å²) < 4.78 is 36.1. The second-order valence-corrected chi connectivity index (χ2v) is 2.22. The van der Waals surface area contributed by atoms with Crippen molar-refractivity contribution in [3.8, 4) is 0 Å². The van der Waals surface area contributed by atoms with E-state index in [0.29, 0.717) is 6.20 Å². The molecule has 0 saturated heterocycles. The number of nitrogens with zero attached hydrogens (tertiary/aromatic N) is 1. The molecule has 6 heteroatoms. The van der Waals surface area contributed by atoms with E-state index in [9.17, 15) is 18.0 Å². The number of aryl methyl sites for hydroxylation is 1. The van der Waals surface area contributed by atoms with E-state index >= 15 is 0 Å². The Labute approximate surface area is 65.3 Å². The zero-order valence-corrected chi connectivity index (χ0v) is 6.07. The molecule has 0 spiro atoms. The fraction of sp³-hybridized carbons (Fsp3) is 0.333. The van der Waals surface area contributed by atoms with E-state index in [-0.39, 0.29) is 5.69 Å². The van der Waals surface area contributed by atoms with Crippen LogP contribution in [0.3, 0.4) is 0 Å². The molecule has 1 aromatic rings. The molecule has 66 valence electrons. The molecule has 0 radical (unpaired) electrons. The molecule has 0 aliphatic heterocycles. The second kappa shape index (κ2) is 2.62. The van der Waals surface area contributed by atoms with Crippen LogP contribution >= 0.6 is 0 Å². The number of rotatable bonds is 0. The van der Waals surface area contributed by atoms with E-state index < -0.39 is 17.4 Å². The number of aromatic amines is 1. The highest BCUT2D eigenvalue weighted by Gasteiger charge is 2.33. The molecule has 0 atom stereocenters. The number of hydrogen-bond donors (Lipinski definition) is 1. The van der Waals surface area contributed by atoms with Gasteiger partial charge in [-0.25, -0.2) is 9.78 Å². The number of alkyl halides is 3. The maximum atomic E-state index is 12.0. The number of halogens is 3. The van der Waals surface area contributed by atoms with Crippen molar-refractivity contribution in [3.63, 3.8) is 0 Å². The van der Waals surface area contributed by atoms with Crippen LogP contribution in [0.25, 0.3) is 0 Å². The molecule has 0 saturated carbocycles. The van der Waals surface area contributed by atoms with Gasteiger partial charge in [-0.3, -0.25) is 0 Å². The Balaban J connectivity index is 3.28. The van der Waals surface area contributed by atoms with Crippen molar-refractivity contribution >= 4 is 0 Å². The summed E-state index contributed by atoms with van der Waals surface area (Å²) in [5.74, 6) is 0. The largest absolute Gasteiger partial charge is 0.419 e. The Morgan fingerprint density at radius 1 is 1.50 bits per heavy atom. The molecule has 1 aromatic heterocycles. The van der Waals surface area contributed by atoms with Gasteiger partial charge in [-0.15, -0.1) is 0 Å². The molecule has 0 aliphatic rings. The fourth-order valence-corrected chi connectivity index (χ4v) is 0.766. The van der Waals surface area contributed by atoms with Gasteiger partial charge in [0.1, 0.15) is 0 Å². The van der Waals surface area contributed by atoms with Gasteiger partial charge in [-0.05, 0) is 6.92 Å². The lowest BCUT2D eigenvalue weighted by molar-refractivity contribution is -0.138. The first-order chi connectivity index (χ1) is 5.41. The summed E-state index contributed by atoms with van der Waals surface area (Å²) in [6.07, 6.45) is -3.94. The minimum atomic E-state index is -4.46. The zero-order chi connectivity index (χ0) is 9.35. The van der Waals surface area contributed by atoms with Gasteiger partial charge >= 0.3 is 11.9 Å². The van der Waals surface area contributed by atoms with Crippen molar-refractivity contribution in [1.29, 1.82) is 0 Å². The molecule has 0 fully saturated rings. The van der Waals surface area contributed by atoms with Gasteiger partial charge in [0, 0.05) is 11.9 Å². The Morgan fingerprint density at radius 2 is 2.08 bits per heavy atom. The highest BCUT2D eigenvalue weighted by Crippen LogP contribution is 2.29. The molecular formula is C6H5F3N2O. The maximum Gasteiger partial charge on any atom is 0.419 e. The van der Waals surface area contributed by atoms with E-state index in [1.165, 1.54) is 6.92 Å². The number of hydrogen-bond acceptors (Lipinski definition) is 2.